The van der Waals surface area contributed by atoms with Gasteiger partial charge in [0.1, 0.15) is 11.5 Å². The fraction of sp³-hybridized carbons (Fsp3) is 0.158. The number of rotatable bonds is 2. The molecular formula is C19H15FN4. The molecule has 3 heterocycles. The van der Waals surface area contributed by atoms with Crippen molar-refractivity contribution in [3.05, 3.63) is 60.2 Å². The van der Waals surface area contributed by atoms with Crippen LogP contribution in [0.4, 0.5) is 4.39 Å². The maximum Gasteiger partial charge on any atom is 0.123 e. The number of halogens is 1. The molecule has 0 fully saturated rings. The minimum absolute atomic E-state index is 0.239. The summed E-state index contributed by atoms with van der Waals surface area (Å²) in [5.41, 5.74) is 6.13. The highest BCUT2D eigenvalue weighted by atomic mass is 19.1. The van der Waals surface area contributed by atoms with Crippen molar-refractivity contribution < 1.29 is 4.39 Å². The first kappa shape index (κ1) is 13.5. The van der Waals surface area contributed by atoms with E-state index in [4.69, 9.17) is 5.10 Å². The summed E-state index contributed by atoms with van der Waals surface area (Å²) in [5, 5.41) is 12.9. The molecule has 4 nitrogen and oxygen atoms in total. The quantitative estimate of drug-likeness (QED) is 0.603. The van der Waals surface area contributed by atoms with E-state index < -0.39 is 0 Å². The second-order valence-electron chi connectivity index (χ2n) is 6.18. The Morgan fingerprint density at radius 2 is 2.04 bits per heavy atom. The van der Waals surface area contributed by atoms with Crippen molar-refractivity contribution in [3.63, 3.8) is 0 Å². The maximum atomic E-state index is 13.7. The van der Waals surface area contributed by atoms with Gasteiger partial charge in [-0.15, -0.1) is 0 Å². The Morgan fingerprint density at radius 1 is 1.08 bits per heavy atom. The molecule has 0 bridgehead atoms. The zero-order valence-corrected chi connectivity index (χ0v) is 13.0. The summed E-state index contributed by atoms with van der Waals surface area (Å²) in [6.45, 7) is 0.922. The minimum Gasteiger partial charge on any atom is -0.278 e. The summed E-state index contributed by atoms with van der Waals surface area (Å²) in [7, 11) is 0. The average Bonchev–Trinajstić information content (AvgIpc) is 3.29. The van der Waals surface area contributed by atoms with Crippen LogP contribution in [0, 0.1) is 5.82 Å². The number of aromatic amines is 1. The minimum atomic E-state index is -0.239. The molecule has 4 aromatic rings. The number of H-pyrrole nitrogens is 1. The number of fused-ring (bicyclic) bond motifs is 2. The van der Waals surface area contributed by atoms with Gasteiger partial charge >= 0.3 is 0 Å². The SMILES string of the molecule is Fc1cccc(-c2nn3c(c2-c2ccc4[nH]ncc4c2)CCC3)c1. The van der Waals surface area contributed by atoms with Crippen molar-refractivity contribution in [1.82, 2.24) is 20.0 Å². The van der Waals surface area contributed by atoms with Crippen molar-refractivity contribution in [1.29, 1.82) is 0 Å². The molecule has 0 radical (unpaired) electrons. The van der Waals surface area contributed by atoms with Crippen LogP contribution in [0.1, 0.15) is 12.1 Å². The monoisotopic (exact) mass is 318 g/mol. The Morgan fingerprint density at radius 3 is 2.96 bits per heavy atom. The predicted molar refractivity (Wildman–Crippen MR) is 91.0 cm³/mol. The van der Waals surface area contributed by atoms with Gasteiger partial charge in [0.2, 0.25) is 0 Å². The van der Waals surface area contributed by atoms with Crippen molar-refractivity contribution in [3.8, 4) is 22.4 Å². The van der Waals surface area contributed by atoms with Gasteiger partial charge < -0.3 is 0 Å². The Bertz CT molecular complexity index is 1060. The smallest absolute Gasteiger partial charge is 0.123 e. The molecule has 0 aliphatic carbocycles. The lowest BCUT2D eigenvalue weighted by atomic mass is 9.97. The van der Waals surface area contributed by atoms with Crippen LogP contribution in [0.5, 0.6) is 0 Å². The van der Waals surface area contributed by atoms with Crippen LogP contribution in [0.3, 0.4) is 0 Å². The average molecular weight is 318 g/mol. The first-order valence-corrected chi connectivity index (χ1v) is 8.09. The third-order valence-electron chi connectivity index (χ3n) is 4.67. The summed E-state index contributed by atoms with van der Waals surface area (Å²) >= 11 is 0. The Kier molecular flexibility index (Phi) is 2.82. The van der Waals surface area contributed by atoms with E-state index in [9.17, 15) is 4.39 Å². The number of hydrogen-bond acceptors (Lipinski definition) is 2. The third-order valence-corrected chi connectivity index (χ3v) is 4.67. The van der Waals surface area contributed by atoms with E-state index in [0.717, 1.165) is 52.7 Å². The molecular weight excluding hydrogens is 303 g/mol. The molecule has 1 aliphatic rings. The molecule has 2 aromatic carbocycles. The van der Waals surface area contributed by atoms with Crippen LogP contribution in [-0.4, -0.2) is 20.0 Å². The van der Waals surface area contributed by atoms with E-state index in [0.29, 0.717) is 0 Å². The van der Waals surface area contributed by atoms with Crippen LogP contribution in [-0.2, 0) is 13.0 Å². The number of nitrogens with one attached hydrogen (secondary N) is 1. The molecule has 118 valence electrons. The van der Waals surface area contributed by atoms with E-state index in [1.54, 1.807) is 12.1 Å². The van der Waals surface area contributed by atoms with Gasteiger partial charge in [-0.1, -0.05) is 18.2 Å². The summed E-state index contributed by atoms with van der Waals surface area (Å²) in [5.74, 6) is -0.239. The summed E-state index contributed by atoms with van der Waals surface area (Å²) < 4.78 is 15.8. The number of aromatic nitrogens is 4. The largest absolute Gasteiger partial charge is 0.278 e. The molecule has 1 N–H and O–H groups in total. The molecule has 2 aromatic heterocycles. The van der Waals surface area contributed by atoms with Crippen molar-refractivity contribution in [2.45, 2.75) is 19.4 Å². The Labute approximate surface area is 137 Å². The zero-order chi connectivity index (χ0) is 16.1. The first-order chi connectivity index (χ1) is 11.8. The number of hydrogen-bond donors (Lipinski definition) is 1. The van der Waals surface area contributed by atoms with E-state index in [2.05, 4.69) is 27.0 Å². The van der Waals surface area contributed by atoms with Crippen molar-refractivity contribution >= 4 is 10.9 Å². The van der Waals surface area contributed by atoms with Crippen LogP contribution in [0.25, 0.3) is 33.3 Å². The van der Waals surface area contributed by atoms with Gasteiger partial charge in [-0.05, 0) is 42.7 Å². The molecule has 0 spiro atoms. The highest BCUT2D eigenvalue weighted by molar-refractivity contribution is 5.89. The lowest BCUT2D eigenvalue weighted by molar-refractivity contribution is 0.627. The number of aryl methyl sites for hydroxylation is 1. The van der Waals surface area contributed by atoms with Gasteiger partial charge in [0.25, 0.3) is 0 Å². The van der Waals surface area contributed by atoms with Gasteiger partial charge in [0.05, 0.1) is 11.7 Å². The van der Waals surface area contributed by atoms with Gasteiger partial charge in [0.15, 0.2) is 0 Å². The van der Waals surface area contributed by atoms with Crippen LogP contribution >= 0.6 is 0 Å². The highest BCUT2D eigenvalue weighted by Crippen LogP contribution is 2.38. The second kappa shape index (κ2) is 5.03. The Hall–Kier alpha value is -2.95. The number of benzene rings is 2. The summed E-state index contributed by atoms with van der Waals surface area (Å²) in [6, 6.07) is 12.9. The molecule has 0 unspecified atom stereocenters. The van der Waals surface area contributed by atoms with Gasteiger partial charge in [-0.3, -0.25) is 9.78 Å². The first-order valence-electron chi connectivity index (χ1n) is 8.09. The third kappa shape index (κ3) is 1.98. The molecule has 5 rings (SSSR count). The lowest BCUT2D eigenvalue weighted by Crippen LogP contribution is -1.94. The Balaban J connectivity index is 1.77. The standard InChI is InChI=1S/C19H15FN4/c20-15-4-1-3-13(10-15)19-18(17-5-2-8-24(17)23-19)12-6-7-16-14(9-12)11-21-22-16/h1,3-4,6-7,9-11H,2,5,8H2,(H,21,22). The van der Waals surface area contributed by atoms with E-state index >= 15 is 0 Å². The fourth-order valence-corrected chi connectivity index (χ4v) is 3.57. The second-order valence-corrected chi connectivity index (χ2v) is 6.18. The maximum absolute atomic E-state index is 13.7. The molecule has 0 saturated carbocycles. The predicted octanol–water partition coefficient (Wildman–Crippen LogP) is 4.18. The normalized spacial score (nSPS) is 13.5. The fourth-order valence-electron chi connectivity index (χ4n) is 3.57. The van der Waals surface area contributed by atoms with Crippen LogP contribution in [0.2, 0.25) is 0 Å². The number of nitrogens with zero attached hydrogens (tertiary/aromatic N) is 3. The van der Waals surface area contributed by atoms with E-state index in [1.807, 2.05) is 18.3 Å². The van der Waals surface area contributed by atoms with Crippen LogP contribution < -0.4 is 0 Å². The molecule has 0 saturated heterocycles. The molecule has 0 atom stereocenters. The summed E-state index contributed by atoms with van der Waals surface area (Å²) in [6.07, 6.45) is 3.93. The van der Waals surface area contributed by atoms with Gasteiger partial charge in [-0.2, -0.15) is 10.2 Å². The van der Waals surface area contributed by atoms with Crippen LogP contribution in [0.15, 0.2) is 48.7 Å². The van der Waals surface area contributed by atoms with Crippen molar-refractivity contribution in [2.24, 2.45) is 0 Å². The summed E-state index contributed by atoms with van der Waals surface area (Å²) in [4.78, 5) is 0. The molecule has 5 heteroatoms. The van der Waals surface area contributed by atoms with E-state index in [-0.39, 0.29) is 5.82 Å². The zero-order valence-electron chi connectivity index (χ0n) is 13.0. The van der Waals surface area contributed by atoms with E-state index in [1.165, 1.54) is 11.8 Å². The topological polar surface area (TPSA) is 46.5 Å². The van der Waals surface area contributed by atoms with Crippen molar-refractivity contribution in [2.75, 3.05) is 0 Å². The van der Waals surface area contributed by atoms with Gasteiger partial charge in [0, 0.05) is 28.8 Å². The molecule has 1 aliphatic heterocycles. The molecule has 0 amide bonds. The lowest BCUT2D eigenvalue weighted by Gasteiger charge is -2.06. The van der Waals surface area contributed by atoms with Gasteiger partial charge in [-0.25, -0.2) is 4.39 Å². The highest BCUT2D eigenvalue weighted by Gasteiger charge is 2.24. The molecule has 24 heavy (non-hydrogen) atoms.